The summed E-state index contributed by atoms with van der Waals surface area (Å²) in [5.41, 5.74) is 4.78. The van der Waals surface area contributed by atoms with Crippen molar-refractivity contribution in [2.24, 2.45) is 0 Å². The summed E-state index contributed by atoms with van der Waals surface area (Å²) < 4.78 is 11.8. The summed E-state index contributed by atoms with van der Waals surface area (Å²) in [4.78, 5) is 19.9. The number of anilines is 1. The van der Waals surface area contributed by atoms with Crippen LogP contribution in [-0.4, -0.2) is 68.6 Å². The Kier molecular flexibility index (Phi) is 8.77. The average molecular weight is 525 g/mol. The molecule has 2 aliphatic rings. The van der Waals surface area contributed by atoms with Crippen LogP contribution in [0.25, 0.3) is 0 Å². The topological polar surface area (TPSA) is 69.0 Å². The molecule has 7 nitrogen and oxygen atoms in total. The third-order valence-corrected chi connectivity index (χ3v) is 7.65. The van der Waals surface area contributed by atoms with Crippen LogP contribution in [0.3, 0.4) is 0 Å². The number of benzene rings is 3. The fourth-order valence-electron chi connectivity index (χ4n) is 5.33. The Morgan fingerprint density at radius 1 is 0.923 bits per heavy atom. The van der Waals surface area contributed by atoms with E-state index in [9.17, 15) is 4.79 Å². The van der Waals surface area contributed by atoms with E-state index < -0.39 is 0 Å². The van der Waals surface area contributed by atoms with E-state index in [-0.39, 0.29) is 12.0 Å². The molecular formula is C32H36N4O3. The van der Waals surface area contributed by atoms with Gasteiger partial charge in [-0.3, -0.25) is 9.69 Å². The summed E-state index contributed by atoms with van der Waals surface area (Å²) in [5.74, 6) is 0.735. The van der Waals surface area contributed by atoms with Crippen LogP contribution in [0.2, 0.25) is 0 Å². The lowest BCUT2D eigenvalue weighted by atomic mass is 10.1. The van der Waals surface area contributed by atoms with Gasteiger partial charge in [0.05, 0.1) is 31.5 Å². The van der Waals surface area contributed by atoms with Gasteiger partial charge < -0.3 is 19.3 Å². The number of rotatable bonds is 9. The first kappa shape index (κ1) is 26.7. The van der Waals surface area contributed by atoms with Crippen molar-refractivity contribution in [2.45, 2.75) is 25.6 Å². The molecule has 2 saturated heterocycles. The van der Waals surface area contributed by atoms with Crippen molar-refractivity contribution in [1.82, 2.24) is 9.80 Å². The van der Waals surface area contributed by atoms with Crippen LogP contribution in [0.4, 0.5) is 5.69 Å². The van der Waals surface area contributed by atoms with Crippen LogP contribution in [0.15, 0.2) is 72.8 Å². The first-order chi connectivity index (χ1) is 19.1. The summed E-state index contributed by atoms with van der Waals surface area (Å²) in [7, 11) is 1.61. The van der Waals surface area contributed by atoms with Crippen molar-refractivity contribution < 1.29 is 14.3 Å². The van der Waals surface area contributed by atoms with E-state index in [2.05, 4.69) is 40.1 Å². The Bertz CT molecular complexity index is 1290. The predicted molar refractivity (Wildman–Crippen MR) is 152 cm³/mol. The molecule has 2 aliphatic heterocycles. The van der Waals surface area contributed by atoms with Crippen molar-refractivity contribution in [3.8, 4) is 11.8 Å². The van der Waals surface area contributed by atoms with Gasteiger partial charge in [0.2, 0.25) is 0 Å². The zero-order valence-electron chi connectivity index (χ0n) is 22.6. The standard InChI is InChI=1S/C32H36N4O3/c1-38-30-9-5-7-28(21-30)32(37)36-18-16-34(17-19-36)23-31(39-24-26-12-10-25(22-33)11-13-26)27-6-4-8-29(20-27)35-14-2-3-15-35/h4-13,20-21,31H,2-3,14-19,23-24H2,1H3/t31-/m0/s1. The molecule has 3 aromatic carbocycles. The molecule has 0 radical (unpaired) electrons. The number of amides is 1. The Morgan fingerprint density at radius 3 is 2.38 bits per heavy atom. The third kappa shape index (κ3) is 6.78. The van der Waals surface area contributed by atoms with E-state index in [0.717, 1.165) is 38.3 Å². The highest BCUT2D eigenvalue weighted by Crippen LogP contribution is 2.28. The van der Waals surface area contributed by atoms with Crippen molar-refractivity contribution in [3.63, 3.8) is 0 Å². The highest BCUT2D eigenvalue weighted by atomic mass is 16.5. The first-order valence-corrected chi connectivity index (χ1v) is 13.7. The van der Waals surface area contributed by atoms with Gasteiger partial charge in [0, 0.05) is 57.1 Å². The second-order valence-electron chi connectivity index (χ2n) is 10.2. The minimum Gasteiger partial charge on any atom is -0.497 e. The number of ether oxygens (including phenoxy) is 2. The van der Waals surface area contributed by atoms with Crippen LogP contribution >= 0.6 is 0 Å². The second kappa shape index (κ2) is 12.8. The molecular weight excluding hydrogens is 488 g/mol. The summed E-state index contributed by atoms with van der Waals surface area (Å²) in [6.07, 6.45) is 2.37. The molecule has 7 heteroatoms. The molecule has 0 aromatic heterocycles. The maximum Gasteiger partial charge on any atom is 0.254 e. The average Bonchev–Trinajstić information content (AvgIpc) is 3.55. The highest BCUT2D eigenvalue weighted by Gasteiger charge is 2.26. The fraction of sp³-hybridized carbons (Fsp3) is 0.375. The number of hydrogen-bond acceptors (Lipinski definition) is 6. The predicted octanol–water partition coefficient (Wildman–Crippen LogP) is 4.88. The summed E-state index contributed by atoms with van der Waals surface area (Å²) in [5, 5.41) is 9.11. The van der Waals surface area contributed by atoms with Gasteiger partial charge in [0.25, 0.3) is 5.91 Å². The summed E-state index contributed by atoms with van der Waals surface area (Å²) in [6, 6.07) is 25.9. The molecule has 2 fully saturated rings. The SMILES string of the molecule is COc1cccc(C(=O)N2CCN(C[C@H](OCc3ccc(C#N)cc3)c3cccc(N4CCCC4)c3)CC2)c1. The number of carbonyl (C=O) groups is 1. The molecule has 202 valence electrons. The lowest BCUT2D eigenvalue weighted by Gasteiger charge is -2.36. The monoisotopic (exact) mass is 524 g/mol. The molecule has 0 bridgehead atoms. The minimum atomic E-state index is -0.108. The van der Waals surface area contributed by atoms with E-state index in [1.54, 1.807) is 13.2 Å². The van der Waals surface area contributed by atoms with Crippen molar-refractivity contribution in [2.75, 3.05) is 57.8 Å². The summed E-state index contributed by atoms with van der Waals surface area (Å²) >= 11 is 0. The van der Waals surface area contributed by atoms with Gasteiger partial charge in [-0.2, -0.15) is 5.26 Å². The second-order valence-corrected chi connectivity index (χ2v) is 10.2. The number of methoxy groups -OCH3 is 1. The van der Waals surface area contributed by atoms with Crippen LogP contribution in [0, 0.1) is 11.3 Å². The molecule has 1 amide bonds. The number of nitriles is 1. The van der Waals surface area contributed by atoms with Gasteiger partial charge in [-0.05, 0) is 66.4 Å². The minimum absolute atomic E-state index is 0.0421. The fourth-order valence-corrected chi connectivity index (χ4v) is 5.33. The summed E-state index contributed by atoms with van der Waals surface area (Å²) in [6.45, 7) is 6.35. The van der Waals surface area contributed by atoms with Gasteiger partial charge >= 0.3 is 0 Å². The first-order valence-electron chi connectivity index (χ1n) is 13.7. The Balaban J connectivity index is 1.26. The molecule has 0 saturated carbocycles. The van der Waals surface area contributed by atoms with Crippen molar-refractivity contribution in [1.29, 1.82) is 5.26 Å². The quantitative estimate of drug-likeness (QED) is 0.397. The van der Waals surface area contributed by atoms with Gasteiger partial charge in [-0.25, -0.2) is 0 Å². The Morgan fingerprint density at radius 2 is 1.67 bits per heavy atom. The van der Waals surface area contributed by atoms with Gasteiger partial charge in [0.15, 0.2) is 0 Å². The molecule has 0 spiro atoms. The van der Waals surface area contributed by atoms with Crippen LogP contribution in [0.5, 0.6) is 5.75 Å². The zero-order chi connectivity index (χ0) is 27.0. The molecule has 5 rings (SSSR count). The van der Waals surface area contributed by atoms with Crippen molar-refractivity contribution >= 4 is 11.6 Å². The molecule has 0 unspecified atom stereocenters. The van der Waals surface area contributed by atoms with Gasteiger partial charge in [-0.1, -0.05) is 30.3 Å². The van der Waals surface area contributed by atoms with E-state index >= 15 is 0 Å². The zero-order valence-corrected chi connectivity index (χ0v) is 22.6. The van der Waals surface area contributed by atoms with Gasteiger partial charge in [-0.15, -0.1) is 0 Å². The van der Waals surface area contributed by atoms with E-state index in [1.807, 2.05) is 47.4 Å². The number of carbonyl (C=O) groups excluding carboxylic acids is 1. The van der Waals surface area contributed by atoms with Crippen LogP contribution in [-0.2, 0) is 11.3 Å². The molecule has 0 N–H and O–H groups in total. The number of hydrogen-bond donors (Lipinski definition) is 0. The lowest BCUT2D eigenvalue weighted by molar-refractivity contribution is 0.00344. The smallest absolute Gasteiger partial charge is 0.254 e. The third-order valence-electron chi connectivity index (χ3n) is 7.65. The van der Waals surface area contributed by atoms with E-state index in [4.69, 9.17) is 14.7 Å². The molecule has 1 atom stereocenters. The normalized spacial score (nSPS) is 16.6. The molecule has 2 heterocycles. The van der Waals surface area contributed by atoms with Gasteiger partial charge in [0.1, 0.15) is 5.75 Å². The van der Waals surface area contributed by atoms with E-state index in [0.29, 0.717) is 36.6 Å². The Labute approximate surface area is 231 Å². The number of nitrogens with zero attached hydrogens (tertiary/aromatic N) is 4. The van der Waals surface area contributed by atoms with Crippen LogP contribution < -0.4 is 9.64 Å². The lowest BCUT2D eigenvalue weighted by Crippen LogP contribution is -2.49. The molecule has 39 heavy (non-hydrogen) atoms. The van der Waals surface area contributed by atoms with E-state index in [1.165, 1.54) is 24.1 Å². The highest BCUT2D eigenvalue weighted by molar-refractivity contribution is 5.94. The maximum atomic E-state index is 13.1. The van der Waals surface area contributed by atoms with Crippen LogP contribution in [0.1, 0.15) is 46.0 Å². The number of piperazine rings is 1. The Hall–Kier alpha value is -3.86. The molecule has 3 aromatic rings. The van der Waals surface area contributed by atoms with Crippen molar-refractivity contribution in [3.05, 3.63) is 95.1 Å². The molecule has 0 aliphatic carbocycles. The largest absolute Gasteiger partial charge is 0.497 e. The maximum absolute atomic E-state index is 13.1.